The van der Waals surface area contributed by atoms with Gasteiger partial charge in [-0.3, -0.25) is 4.79 Å². The molecule has 0 saturated heterocycles. The van der Waals surface area contributed by atoms with Crippen molar-refractivity contribution in [3.63, 3.8) is 0 Å². The van der Waals surface area contributed by atoms with Crippen LogP contribution < -0.4 is 5.73 Å². The van der Waals surface area contributed by atoms with Crippen LogP contribution in [0.1, 0.15) is 6.42 Å². The average molecular weight is 455 g/mol. The molecule has 162 valence electrons. The molecule has 0 radical (unpaired) electrons. The maximum atomic E-state index is 13.2. The normalized spacial score (nSPS) is 15.8. The van der Waals surface area contributed by atoms with E-state index in [1.54, 1.807) is 0 Å². The molecule has 1 amide bonds. The number of hydrogen-bond donors (Lipinski definition) is 2. The third-order valence-corrected chi connectivity index (χ3v) is 3.39. The van der Waals surface area contributed by atoms with Crippen LogP contribution in [0.2, 0.25) is 0 Å². The van der Waals surface area contributed by atoms with E-state index in [0.29, 0.717) is 0 Å². The van der Waals surface area contributed by atoms with Crippen molar-refractivity contribution in [2.75, 3.05) is 5.75 Å². The molecule has 0 aliphatic carbocycles. The first-order chi connectivity index (χ1) is 11.5. The van der Waals surface area contributed by atoms with Crippen molar-refractivity contribution in [1.29, 1.82) is 0 Å². The van der Waals surface area contributed by atoms with Crippen molar-refractivity contribution in [1.82, 2.24) is 0 Å². The summed E-state index contributed by atoms with van der Waals surface area (Å²) in [5.74, 6) is -57.8. The molecule has 0 bridgehead atoms. The van der Waals surface area contributed by atoms with Crippen molar-refractivity contribution < 1.29 is 66.3 Å². The zero-order valence-corrected chi connectivity index (χ0v) is 13.0. The lowest BCUT2D eigenvalue weighted by Gasteiger charge is -2.42. The highest BCUT2D eigenvalue weighted by atomic mass is 32.1. The number of halogens is 14. The second-order valence-corrected chi connectivity index (χ2v) is 5.44. The lowest BCUT2D eigenvalue weighted by Crippen LogP contribution is -2.74. The first-order valence-electron chi connectivity index (χ1n) is 6.06. The van der Waals surface area contributed by atoms with Gasteiger partial charge in [0.1, 0.15) is 0 Å². The van der Waals surface area contributed by atoms with Crippen molar-refractivity contribution in [2.24, 2.45) is 5.73 Å². The summed E-state index contributed by atoms with van der Waals surface area (Å²) in [6, 6.07) is 0. The van der Waals surface area contributed by atoms with Crippen molar-refractivity contribution in [3.8, 4) is 0 Å². The monoisotopic (exact) mass is 455 g/mol. The molecule has 0 rings (SSSR count). The second-order valence-electron chi connectivity index (χ2n) is 4.99. The standard InChI is InChI=1S/C10H7F14NOS/c11-4(12,1-2-27)6(15,16)8(19,20)10(23,24)9(21,22)7(17,18)5(13,14)3(25)26/h27H,1-2H2,(H2,25,26). The molecule has 0 unspecified atom stereocenters. The summed E-state index contributed by atoms with van der Waals surface area (Å²) < 4.78 is 183. The smallest absolute Gasteiger partial charge is 0.364 e. The van der Waals surface area contributed by atoms with E-state index in [0.717, 1.165) is 0 Å². The fourth-order valence-electron chi connectivity index (χ4n) is 1.47. The van der Waals surface area contributed by atoms with E-state index in [1.807, 2.05) is 0 Å². The Labute approximate surface area is 145 Å². The van der Waals surface area contributed by atoms with E-state index in [-0.39, 0.29) is 0 Å². The number of amides is 1. The molecule has 0 aromatic rings. The Morgan fingerprint density at radius 3 is 1.22 bits per heavy atom. The van der Waals surface area contributed by atoms with Gasteiger partial charge in [-0.25, -0.2) is 0 Å². The predicted molar refractivity (Wildman–Crippen MR) is 62.3 cm³/mol. The summed E-state index contributed by atoms with van der Waals surface area (Å²) in [6.45, 7) is 0. The summed E-state index contributed by atoms with van der Waals surface area (Å²) in [7, 11) is 0. The van der Waals surface area contributed by atoms with Gasteiger partial charge in [-0.15, -0.1) is 0 Å². The molecule has 0 aromatic carbocycles. The van der Waals surface area contributed by atoms with Crippen LogP contribution >= 0.6 is 12.6 Å². The summed E-state index contributed by atoms with van der Waals surface area (Å²) in [5, 5.41) is 0. The first kappa shape index (κ1) is 25.8. The Morgan fingerprint density at radius 2 is 0.926 bits per heavy atom. The van der Waals surface area contributed by atoms with Crippen molar-refractivity contribution in [2.45, 2.75) is 47.9 Å². The SMILES string of the molecule is NC(=O)C(F)(F)C(F)(F)C(F)(F)C(F)(F)C(F)(F)C(F)(F)C(F)(F)CCS. The molecule has 27 heavy (non-hydrogen) atoms. The van der Waals surface area contributed by atoms with Gasteiger partial charge in [-0.2, -0.15) is 74.1 Å². The Bertz CT molecular complexity index is 574. The van der Waals surface area contributed by atoms with Crippen LogP contribution in [-0.4, -0.2) is 53.1 Å². The number of alkyl halides is 14. The number of carbonyl (C=O) groups is 1. The Kier molecular flexibility index (Phi) is 6.43. The number of hydrogen-bond acceptors (Lipinski definition) is 2. The molecule has 2 N–H and O–H groups in total. The summed E-state index contributed by atoms with van der Waals surface area (Å²) in [4.78, 5) is 10.1. The average Bonchev–Trinajstić information content (AvgIpc) is 2.45. The first-order valence-corrected chi connectivity index (χ1v) is 6.69. The molecule has 0 fully saturated rings. The molecular formula is C10H7F14NOS. The lowest BCUT2D eigenvalue weighted by atomic mass is 9.88. The lowest BCUT2D eigenvalue weighted by molar-refractivity contribution is -0.437. The molecule has 0 spiro atoms. The van der Waals surface area contributed by atoms with E-state index < -0.39 is 59.5 Å². The van der Waals surface area contributed by atoms with Crippen LogP contribution in [0.25, 0.3) is 0 Å². The number of primary amides is 1. The minimum atomic E-state index is -8.20. The van der Waals surface area contributed by atoms with Crippen molar-refractivity contribution in [3.05, 3.63) is 0 Å². The van der Waals surface area contributed by atoms with Gasteiger partial charge in [0.05, 0.1) is 0 Å². The third-order valence-electron chi connectivity index (χ3n) is 3.17. The molecule has 0 aromatic heterocycles. The minimum Gasteiger partial charge on any atom is -0.364 e. The quantitative estimate of drug-likeness (QED) is 0.397. The number of thiol groups is 1. The molecule has 0 atom stereocenters. The minimum absolute atomic E-state index is 1.38. The van der Waals surface area contributed by atoms with E-state index >= 15 is 0 Å². The van der Waals surface area contributed by atoms with Gasteiger partial charge < -0.3 is 5.73 Å². The Hall–Kier alpha value is -1.16. The van der Waals surface area contributed by atoms with Crippen LogP contribution in [0.4, 0.5) is 61.5 Å². The van der Waals surface area contributed by atoms with Crippen LogP contribution in [0.3, 0.4) is 0 Å². The van der Waals surface area contributed by atoms with Crippen molar-refractivity contribution >= 4 is 18.5 Å². The predicted octanol–water partition coefficient (Wildman–Crippen LogP) is 4.24. The van der Waals surface area contributed by atoms with Gasteiger partial charge in [0, 0.05) is 6.42 Å². The summed E-state index contributed by atoms with van der Waals surface area (Å²) in [5.41, 5.74) is 3.59. The van der Waals surface area contributed by atoms with Gasteiger partial charge in [0.2, 0.25) is 0 Å². The number of rotatable bonds is 9. The largest absolute Gasteiger partial charge is 0.392 e. The van der Waals surface area contributed by atoms with E-state index in [4.69, 9.17) is 0 Å². The second kappa shape index (κ2) is 6.72. The Balaban J connectivity index is 6.57. The van der Waals surface area contributed by atoms with E-state index in [1.165, 1.54) is 0 Å². The summed E-state index contributed by atoms with van der Waals surface area (Å²) >= 11 is 2.91. The highest BCUT2D eigenvalue weighted by Gasteiger charge is 2.93. The van der Waals surface area contributed by atoms with Gasteiger partial charge in [0.15, 0.2) is 0 Å². The third kappa shape index (κ3) is 3.28. The molecular weight excluding hydrogens is 448 g/mol. The molecule has 0 heterocycles. The molecule has 2 nitrogen and oxygen atoms in total. The number of carbonyl (C=O) groups excluding carboxylic acids is 1. The van der Waals surface area contributed by atoms with Crippen LogP contribution in [0.5, 0.6) is 0 Å². The fourth-order valence-corrected chi connectivity index (χ4v) is 1.75. The molecule has 0 aliphatic heterocycles. The molecule has 0 saturated carbocycles. The van der Waals surface area contributed by atoms with E-state index in [2.05, 4.69) is 18.4 Å². The topological polar surface area (TPSA) is 43.1 Å². The highest BCUT2D eigenvalue weighted by molar-refractivity contribution is 7.80. The van der Waals surface area contributed by atoms with E-state index in [9.17, 15) is 66.3 Å². The van der Waals surface area contributed by atoms with Crippen LogP contribution in [0, 0.1) is 0 Å². The Morgan fingerprint density at radius 1 is 0.630 bits per heavy atom. The van der Waals surface area contributed by atoms with Gasteiger partial charge in [-0.05, 0) is 5.75 Å². The highest BCUT2D eigenvalue weighted by Crippen LogP contribution is 2.62. The molecule has 0 aliphatic rings. The molecule has 17 heteroatoms. The maximum Gasteiger partial charge on any atom is 0.392 e. The van der Waals surface area contributed by atoms with Crippen LogP contribution in [-0.2, 0) is 4.79 Å². The van der Waals surface area contributed by atoms with Gasteiger partial charge >= 0.3 is 41.5 Å². The number of nitrogens with two attached hydrogens (primary N) is 1. The maximum absolute atomic E-state index is 13.2. The zero-order chi connectivity index (χ0) is 22.5. The summed E-state index contributed by atoms with van der Waals surface area (Å²) in [6.07, 6.45) is -2.41. The van der Waals surface area contributed by atoms with Gasteiger partial charge in [-0.1, -0.05) is 0 Å². The fraction of sp³-hybridized carbons (Fsp3) is 0.900. The van der Waals surface area contributed by atoms with Gasteiger partial charge in [0.25, 0.3) is 5.91 Å². The zero-order valence-electron chi connectivity index (χ0n) is 12.1. The van der Waals surface area contributed by atoms with Crippen LogP contribution in [0.15, 0.2) is 0 Å².